The average molecular weight is 167 g/mol. The van der Waals surface area contributed by atoms with E-state index >= 15 is 0 Å². The molecule has 0 aliphatic rings. The van der Waals surface area contributed by atoms with Crippen LogP contribution in [0.1, 0.15) is 26.7 Å². The molecule has 12 heavy (non-hydrogen) atoms. The van der Waals surface area contributed by atoms with Crippen molar-refractivity contribution >= 4 is 5.91 Å². The molecule has 0 bridgehead atoms. The van der Waals surface area contributed by atoms with E-state index in [0.717, 1.165) is 18.4 Å². The molecule has 0 saturated carbocycles. The highest BCUT2D eigenvalue weighted by molar-refractivity contribution is 5.92. The summed E-state index contributed by atoms with van der Waals surface area (Å²) in [7, 11) is 0. The molecule has 0 rings (SSSR count). The molecule has 0 unspecified atom stereocenters. The second kappa shape index (κ2) is 5.58. The Balaban J connectivity index is 3.50. The summed E-state index contributed by atoms with van der Waals surface area (Å²) in [6, 6.07) is 0. The molecular formula is C10H17NO. The van der Waals surface area contributed by atoms with Crippen molar-refractivity contribution in [1.82, 2.24) is 5.32 Å². The van der Waals surface area contributed by atoms with Crippen molar-refractivity contribution in [3.05, 3.63) is 24.3 Å². The van der Waals surface area contributed by atoms with Crippen molar-refractivity contribution in [3.8, 4) is 0 Å². The topological polar surface area (TPSA) is 29.1 Å². The summed E-state index contributed by atoms with van der Waals surface area (Å²) in [5, 5.41) is 2.75. The Labute approximate surface area is 74.4 Å². The highest BCUT2D eigenvalue weighted by Gasteiger charge is 1.99. The van der Waals surface area contributed by atoms with E-state index in [1.807, 2.05) is 0 Å². The van der Waals surface area contributed by atoms with Gasteiger partial charge in [-0.1, -0.05) is 25.7 Å². The Hall–Kier alpha value is -1.05. The first kappa shape index (κ1) is 11.0. The predicted molar refractivity (Wildman–Crippen MR) is 51.9 cm³/mol. The molecule has 2 nitrogen and oxygen atoms in total. The zero-order chi connectivity index (χ0) is 9.56. The van der Waals surface area contributed by atoms with Crippen LogP contribution in [-0.4, -0.2) is 12.5 Å². The summed E-state index contributed by atoms with van der Waals surface area (Å²) in [6.07, 6.45) is 1.83. The third kappa shape index (κ3) is 4.72. The van der Waals surface area contributed by atoms with Crippen LogP contribution in [0.2, 0.25) is 0 Å². The zero-order valence-electron chi connectivity index (χ0n) is 7.94. The molecule has 0 aromatic heterocycles. The van der Waals surface area contributed by atoms with Gasteiger partial charge in [0.05, 0.1) is 0 Å². The van der Waals surface area contributed by atoms with E-state index in [1.165, 1.54) is 0 Å². The summed E-state index contributed by atoms with van der Waals surface area (Å²) in [5.41, 5.74) is 1.72. The maximum atomic E-state index is 11.0. The monoisotopic (exact) mass is 167 g/mol. The van der Waals surface area contributed by atoms with Crippen LogP contribution < -0.4 is 5.32 Å². The Bertz CT molecular complexity index is 194. The highest BCUT2D eigenvalue weighted by Crippen LogP contribution is 2.00. The minimum absolute atomic E-state index is 0.0705. The van der Waals surface area contributed by atoms with Crippen LogP contribution in [0.4, 0.5) is 0 Å². The number of carbonyl (C=O) groups excluding carboxylic acids is 1. The average Bonchev–Trinajstić information content (AvgIpc) is 2.03. The Morgan fingerprint density at radius 3 is 2.42 bits per heavy atom. The molecule has 0 aromatic carbocycles. The molecular weight excluding hydrogens is 150 g/mol. The van der Waals surface area contributed by atoms with Gasteiger partial charge in [0.2, 0.25) is 5.91 Å². The van der Waals surface area contributed by atoms with Crippen molar-refractivity contribution in [2.45, 2.75) is 26.7 Å². The maximum Gasteiger partial charge on any atom is 0.246 e. The number of carbonyl (C=O) groups is 1. The Kier molecular flexibility index (Phi) is 5.09. The van der Waals surface area contributed by atoms with E-state index in [1.54, 1.807) is 6.92 Å². The van der Waals surface area contributed by atoms with Gasteiger partial charge in [-0.3, -0.25) is 4.79 Å². The number of hydrogen-bond acceptors (Lipinski definition) is 1. The van der Waals surface area contributed by atoms with E-state index in [2.05, 4.69) is 25.4 Å². The molecule has 0 heterocycles. The van der Waals surface area contributed by atoms with Crippen LogP contribution in [0.5, 0.6) is 0 Å². The Morgan fingerprint density at radius 1 is 1.42 bits per heavy atom. The van der Waals surface area contributed by atoms with Crippen molar-refractivity contribution in [3.63, 3.8) is 0 Å². The summed E-state index contributed by atoms with van der Waals surface area (Å²) in [4.78, 5) is 11.0. The third-order valence-electron chi connectivity index (χ3n) is 1.65. The standard InChI is InChI=1S/C10H17NO/c1-5-9(4)6-7-11-10(12)8(2)3/h2,4-7H2,1,3H3,(H,11,12). The molecule has 0 spiro atoms. The molecule has 0 aromatic rings. The molecule has 0 aliphatic heterocycles. The maximum absolute atomic E-state index is 11.0. The number of rotatable bonds is 5. The van der Waals surface area contributed by atoms with Crippen LogP contribution in [0.15, 0.2) is 24.3 Å². The smallest absolute Gasteiger partial charge is 0.246 e. The van der Waals surface area contributed by atoms with Gasteiger partial charge < -0.3 is 5.32 Å². The second-order valence-corrected chi connectivity index (χ2v) is 2.89. The summed E-state index contributed by atoms with van der Waals surface area (Å²) in [5.74, 6) is -0.0705. The van der Waals surface area contributed by atoms with E-state index < -0.39 is 0 Å². The lowest BCUT2D eigenvalue weighted by molar-refractivity contribution is -0.117. The van der Waals surface area contributed by atoms with Crippen LogP contribution in [0, 0.1) is 0 Å². The van der Waals surface area contributed by atoms with Crippen LogP contribution in [0.3, 0.4) is 0 Å². The molecule has 0 saturated heterocycles. The van der Waals surface area contributed by atoms with Gasteiger partial charge >= 0.3 is 0 Å². The van der Waals surface area contributed by atoms with Gasteiger partial charge in [0, 0.05) is 12.1 Å². The van der Waals surface area contributed by atoms with Crippen molar-refractivity contribution in [2.24, 2.45) is 0 Å². The first-order valence-corrected chi connectivity index (χ1v) is 4.18. The van der Waals surface area contributed by atoms with Gasteiger partial charge in [0.1, 0.15) is 0 Å². The molecule has 0 fully saturated rings. The Morgan fingerprint density at radius 2 is 2.00 bits per heavy atom. The van der Waals surface area contributed by atoms with Crippen LogP contribution in [-0.2, 0) is 4.79 Å². The fraction of sp³-hybridized carbons (Fsp3) is 0.500. The molecule has 0 aliphatic carbocycles. The SMILES string of the molecule is C=C(CC)CCNC(=O)C(=C)C. The van der Waals surface area contributed by atoms with Gasteiger partial charge in [-0.2, -0.15) is 0 Å². The minimum atomic E-state index is -0.0705. The largest absolute Gasteiger partial charge is 0.352 e. The van der Waals surface area contributed by atoms with Crippen molar-refractivity contribution in [1.29, 1.82) is 0 Å². The summed E-state index contributed by atoms with van der Waals surface area (Å²) < 4.78 is 0. The lowest BCUT2D eigenvalue weighted by Crippen LogP contribution is -2.24. The lowest BCUT2D eigenvalue weighted by atomic mass is 10.1. The quantitative estimate of drug-likeness (QED) is 0.492. The van der Waals surface area contributed by atoms with E-state index in [0.29, 0.717) is 12.1 Å². The molecule has 2 heteroatoms. The normalized spacial score (nSPS) is 9.17. The second-order valence-electron chi connectivity index (χ2n) is 2.89. The van der Waals surface area contributed by atoms with Gasteiger partial charge in [-0.15, -0.1) is 0 Å². The fourth-order valence-electron chi connectivity index (χ4n) is 0.680. The summed E-state index contributed by atoms with van der Waals surface area (Å²) >= 11 is 0. The number of nitrogens with one attached hydrogen (secondary N) is 1. The van der Waals surface area contributed by atoms with E-state index in [4.69, 9.17) is 0 Å². The predicted octanol–water partition coefficient (Wildman–Crippen LogP) is 2.04. The van der Waals surface area contributed by atoms with Gasteiger partial charge in [0.25, 0.3) is 0 Å². The van der Waals surface area contributed by atoms with Gasteiger partial charge in [-0.25, -0.2) is 0 Å². The van der Waals surface area contributed by atoms with Crippen molar-refractivity contribution < 1.29 is 4.79 Å². The van der Waals surface area contributed by atoms with Crippen molar-refractivity contribution in [2.75, 3.05) is 6.54 Å². The number of amides is 1. The molecule has 1 amide bonds. The minimum Gasteiger partial charge on any atom is -0.352 e. The third-order valence-corrected chi connectivity index (χ3v) is 1.65. The molecule has 1 N–H and O–H groups in total. The lowest BCUT2D eigenvalue weighted by Gasteiger charge is -2.04. The van der Waals surface area contributed by atoms with Gasteiger partial charge in [0.15, 0.2) is 0 Å². The zero-order valence-corrected chi connectivity index (χ0v) is 7.94. The first-order valence-electron chi connectivity index (χ1n) is 4.18. The first-order chi connectivity index (χ1) is 5.57. The molecule has 0 radical (unpaired) electrons. The number of hydrogen-bond donors (Lipinski definition) is 1. The molecule has 68 valence electrons. The van der Waals surface area contributed by atoms with Gasteiger partial charge in [-0.05, 0) is 19.8 Å². The highest BCUT2D eigenvalue weighted by atomic mass is 16.1. The molecule has 0 atom stereocenters. The van der Waals surface area contributed by atoms with E-state index in [-0.39, 0.29) is 5.91 Å². The summed E-state index contributed by atoms with van der Waals surface area (Å²) in [6.45, 7) is 11.8. The van der Waals surface area contributed by atoms with Crippen LogP contribution >= 0.6 is 0 Å². The fourth-order valence-corrected chi connectivity index (χ4v) is 0.680. The van der Waals surface area contributed by atoms with Crippen LogP contribution in [0.25, 0.3) is 0 Å². The van der Waals surface area contributed by atoms with E-state index in [9.17, 15) is 4.79 Å².